The number of aromatic nitrogens is 2. The molecule has 0 bridgehead atoms. The number of rotatable bonds is 7. The molecule has 0 saturated heterocycles. The number of hydrogen-bond acceptors (Lipinski definition) is 8. The number of esters is 1. The van der Waals surface area contributed by atoms with Crippen LogP contribution in [0.2, 0.25) is 5.02 Å². The van der Waals surface area contributed by atoms with Gasteiger partial charge in [0.05, 0.1) is 23.3 Å². The second-order valence-corrected chi connectivity index (χ2v) is 7.87. The van der Waals surface area contributed by atoms with Gasteiger partial charge in [0.2, 0.25) is 5.75 Å². The maximum absolute atomic E-state index is 12.6. The van der Waals surface area contributed by atoms with Gasteiger partial charge in [0.25, 0.3) is 5.56 Å². The first-order chi connectivity index (χ1) is 16.7. The van der Waals surface area contributed by atoms with E-state index < -0.39 is 10.9 Å². The number of benzene rings is 2. The van der Waals surface area contributed by atoms with Gasteiger partial charge < -0.3 is 14.2 Å². The molecule has 0 aliphatic carbocycles. The largest absolute Gasteiger partial charge is 0.493 e. The van der Waals surface area contributed by atoms with E-state index in [-0.39, 0.29) is 45.7 Å². The summed E-state index contributed by atoms with van der Waals surface area (Å²) < 4.78 is 17.7. The summed E-state index contributed by atoms with van der Waals surface area (Å²) in [7, 11) is 1.36. The van der Waals surface area contributed by atoms with E-state index in [1.807, 2.05) is 13.0 Å². The molecule has 0 fully saturated rings. The Morgan fingerprint density at radius 1 is 1.09 bits per heavy atom. The lowest BCUT2D eigenvalue weighted by molar-refractivity contribution is -0.385. The Kier molecular flexibility index (Phi) is 6.65. The van der Waals surface area contributed by atoms with Crippen LogP contribution in [0.15, 0.2) is 65.6 Å². The van der Waals surface area contributed by atoms with Crippen molar-refractivity contribution in [3.63, 3.8) is 0 Å². The van der Waals surface area contributed by atoms with Gasteiger partial charge in [-0.15, -0.1) is 0 Å². The van der Waals surface area contributed by atoms with Crippen molar-refractivity contribution in [1.82, 2.24) is 9.38 Å². The van der Waals surface area contributed by atoms with Crippen LogP contribution in [0.4, 0.5) is 5.69 Å². The van der Waals surface area contributed by atoms with Crippen LogP contribution in [0, 0.1) is 17.0 Å². The zero-order valence-electron chi connectivity index (χ0n) is 18.6. The summed E-state index contributed by atoms with van der Waals surface area (Å²) in [5.41, 5.74) is 1.18. The van der Waals surface area contributed by atoms with E-state index in [4.69, 9.17) is 25.8 Å². The lowest BCUT2D eigenvalue weighted by atomic mass is 10.2. The standard InChI is InChI=1S/C24H18ClN3O7/c1-14-3-8-22-26-17(11-23(29)27(22)12-14)13-34-24(30)15-4-6-20(21(9-15)33-2)35-19-7-5-16(25)10-18(19)28(31)32/h3-12H,13H2,1-2H3. The number of nitro benzene ring substituents is 1. The van der Waals surface area contributed by atoms with E-state index in [1.165, 1.54) is 54.0 Å². The summed E-state index contributed by atoms with van der Waals surface area (Å²) in [6.07, 6.45) is 1.68. The number of carbonyl (C=O) groups is 1. The van der Waals surface area contributed by atoms with Gasteiger partial charge in [0.1, 0.15) is 12.3 Å². The van der Waals surface area contributed by atoms with Crippen LogP contribution >= 0.6 is 11.6 Å². The molecule has 0 saturated carbocycles. The number of nitro groups is 1. The Morgan fingerprint density at radius 2 is 1.86 bits per heavy atom. The highest BCUT2D eigenvalue weighted by Gasteiger charge is 2.19. The second kappa shape index (κ2) is 9.82. The quantitative estimate of drug-likeness (QED) is 0.205. The van der Waals surface area contributed by atoms with Gasteiger partial charge in [0, 0.05) is 23.4 Å². The maximum Gasteiger partial charge on any atom is 0.338 e. The number of hydrogen-bond donors (Lipinski definition) is 0. The van der Waals surface area contributed by atoms with Crippen molar-refractivity contribution in [3.8, 4) is 17.2 Å². The van der Waals surface area contributed by atoms with Gasteiger partial charge in [-0.25, -0.2) is 9.78 Å². The number of aryl methyl sites for hydroxylation is 1. The molecule has 10 nitrogen and oxygen atoms in total. The van der Waals surface area contributed by atoms with Crippen molar-refractivity contribution in [2.24, 2.45) is 0 Å². The Hall–Kier alpha value is -4.44. The first-order valence-corrected chi connectivity index (χ1v) is 10.6. The fourth-order valence-corrected chi connectivity index (χ4v) is 3.44. The van der Waals surface area contributed by atoms with Crippen LogP contribution in [0.5, 0.6) is 17.2 Å². The van der Waals surface area contributed by atoms with Crippen LogP contribution in [-0.4, -0.2) is 27.4 Å². The lowest BCUT2D eigenvalue weighted by Crippen LogP contribution is -2.17. The molecule has 0 amide bonds. The molecule has 178 valence electrons. The van der Waals surface area contributed by atoms with Crippen molar-refractivity contribution >= 4 is 28.9 Å². The molecule has 0 aliphatic rings. The molecule has 0 radical (unpaired) electrons. The smallest absolute Gasteiger partial charge is 0.338 e. The number of methoxy groups -OCH3 is 1. The topological polar surface area (TPSA) is 122 Å². The van der Waals surface area contributed by atoms with E-state index in [2.05, 4.69) is 4.98 Å². The summed E-state index contributed by atoms with van der Waals surface area (Å²) in [5.74, 6) is -0.426. The van der Waals surface area contributed by atoms with Gasteiger partial charge in [-0.1, -0.05) is 17.7 Å². The van der Waals surface area contributed by atoms with E-state index in [1.54, 1.807) is 12.3 Å². The summed E-state index contributed by atoms with van der Waals surface area (Å²) in [6.45, 7) is 1.65. The minimum atomic E-state index is -0.682. The minimum absolute atomic E-state index is 0.0446. The van der Waals surface area contributed by atoms with E-state index in [0.717, 1.165) is 5.56 Å². The molecule has 2 aromatic heterocycles. The highest BCUT2D eigenvalue weighted by atomic mass is 35.5. The van der Waals surface area contributed by atoms with Gasteiger partial charge in [-0.2, -0.15) is 0 Å². The average molecular weight is 496 g/mol. The zero-order valence-corrected chi connectivity index (χ0v) is 19.3. The van der Waals surface area contributed by atoms with Crippen molar-refractivity contribution in [2.45, 2.75) is 13.5 Å². The first kappa shape index (κ1) is 23.7. The average Bonchev–Trinajstić information content (AvgIpc) is 2.84. The molecule has 11 heteroatoms. The lowest BCUT2D eigenvalue weighted by Gasteiger charge is -2.12. The Balaban J connectivity index is 1.52. The van der Waals surface area contributed by atoms with Crippen LogP contribution < -0.4 is 15.0 Å². The zero-order chi connectivity index (χ0) is 25.1. The van der Waals surface area contributed by atoms with E-state index in [0.29, 0.717) is 11.3 Å². The summed E-state index contributed by atoms with van der Waals surface area (Å²) in [4.78, 5) is 40.0. The Labute approximate surface area is 203 Å². The molecular formula is C24H18ClN3O7. The molecule has 4 aromatic rings. The normalized spacial score (nSPS) is 10.7. The summed E-state index contributed by atoms with van der Waals surface area (Å²) in [6, 6.07) is 13.1. The molecule has 0 unspecified atom stereocenters. The predicted molar refractivity (Wildman–Crippen MR) is 126 cm³/mol. The van der Waals surface area contributed by atoms with Gasteiger partial charge in [-0.3, -0.25) is 19.3 Å². The number of carbonyl (C=O) groups excluding carboxylic acids is 1. The predicted octanol–water partition coefficient (Wildman–Crippen LogP) is 4.72. The Morgan fingerprint density at radius 3 is 2.60 bits per heavy atom. The van der Waals surface area contributed by atoms with Gasteiger partial charge in [0.15, 0.2) is 11.5 Å². The van der Waals surface area contributed by atoms with Gasteiger partial charge in [-0.05, 0) is 48.9 Å². The van der Waals surface area contributed by atoms with Crippen molar-refractivity contribution < 1.29 is 23.9 Å². The molecule has 0 spiro atoms. The fourth-order valence-electron chi connectivity index (χ4n) is 3.27. The van der Waals surface area contributed by atoms with Crippen LogP contribution in [0.1, 0.15) is 21.6 Å². The number of nitrogens with zero attached hydrogens (tertiary/aromatic N) is 3. The van der Waals surface area contributed by atoms with E-state index >= 15 is 0 Å². The molecule has 2 aromatic carbocycles. The third kappa shape index (κ3) is 5.22. The van der Waals surface area contributed by atoms with Gasteiger partial charge >= 0.3 is 11.7 Å². The summed E-state index contributed by atoms with van der Waals surface area (Å²) >= 11 is 5.84. The second-order valence-electron chi connectivity index (χ2n) is 7.43. The molecule has 0 atom stereocenters. The molecule has 0 aliphatic heterocycles. The number of ether oxygens (including phenoxy) is 3. The fraction of sp³-hybridized carbons (Fsp3) is 0.125. The van der Waals surface area contributed by atoms with Crippen LogP contribution in [0.3, 0.4) is 0 Å². The number of halogens is 1. The molecule has 4 rings (SSSR count). The Bertz CT molecular complexity index is 1520. The third-order valence-corrected chi connectivity index (χ3v) is 5.18. The monoisotopic (exact) mass is 495 g/mol. The molecule has 35 heavy (non-hydrogen) atoms. The highest BCUT2D eigenvalue weighted by molar-refractivity contribution is 6.30. The third-order valence-electron chi connectivity index (χ3n) is 4.95. The van der Waals surface area contributed by atoms with Crippen molar-refractivity contribution in [1.29, 1.82) is 0 Å². The SMILES string of the molecule is COc1cc(C(=O)OCc2cc(=O)n3cc(C)ccc3n2)ccc1Oc1ccc(Cl)cc1[N+](=O)[O-]. The summed E-state index contributed by atoms with van der Waals surface area (Å²) in [5, 5.41) is 11.5. The molecule has 0 N–H and O–H groups in total. The maximum atomic E-state index is 12.6. The first-order valence-electron chi connectivity index (χ1n) is 10.2. The highest BCUT2D eigenvalue weighted by Crippen LogP contribution is 2.38. The van der Waals surface area contributed by atoms with Crippen molar-refractivity contribution in [2.75, 3.05) is 7.11 Å². The van der Waals surface area contributed by atoms with Crippen LogP contribution in [-0.2, 0) is 11.3 Å². The van der Waals surface area contributed by atoms with E-state index in [9.17, 15) is 19.7 Å². The molecular weight excluding hydrogens is 478 g/mol. The van der Waals surface area contributed by atoms with Crippen molar-refractivity contribution in [3.05, 3.63) is 103 Å². The van der Waals surface area contributed by atoms with Crippen LogP contribution in [0.25, 0.3) is 5.65 Å². The minimum Gasteiger partial charge on any atom is -0.493 e. The molecule has 2 heterocycles. The number of pyridine rings is 1. The number of fused-ring (bicyclic) bond motifs is 1.